The lowest BCUT2D eigenvalue weighted by Crippen LogP contribution is -2.22. The van der Waals surface area contributed by atoms with Gasteiger partial charge in [-0.2, -0.15) is 0 Å². The van der Waals surface area contributed by atoms with Crippen LogP contribution in [0.5, 0.6) is 5.75 Å². The summed E-state index contributed by atoms with van der Waals surface area (Å²) in [6, 6.07) is 5.81. The van der Waals surface area contributed by atoms with Crippen molar-refractivity contribution >= 4 is 17.0 Å². The molecule has 1 aromatic carbocycles. The molecule has 0 saturated carbocycles. The molecule has 0 aliphatic heterocycles. The highest BCUT2D eigenvalue weighted by molar-refractivity contribution is 5.79. The van der Waals surface area contributed by atoms with Crippen molar-refractivity contribution in [1.82, 2.24) is 9.55 Å². The van der Waals surface area contributed by atoms with E-state index >= 15 is 0 Å². The average Bonchev–Trinajstić information content (AvgIpc) is 2.72. The van der Waals surface area contributed by atoms with Gasteiger partial charge in [0.1, 0.15) is 5.75 Å². The fourth-order valence-corrected chi connectivity index (χ4v) is 2.30. The zero-order valence-corrected chi connectivity index (χ0v) is 12.6. The summed E-state index contributed by atoms with van der Waals surface area (Å²) in [7, 11) is 3.38. The predicted molar refractivity (Wildman–Crippen MR) is 81.0 cm³/mol. The van der Waals surface area contributed by atoms with Crippen molar-refractivity contribution in [3.8, 4) is 5.75 Å². The molecule has 1 aromatic heterocycles. The Hall–Kier alpha value is -1.75. The Morgan fingerprint density at radius 3 is 2.70 bits per heavy atom. The molecule has 110 valence electrons. The average molecular weight is 277 g/mol. The molecule has 5 heteroatoms. The lowest BCUT2D eigenvalue weighted by Gasteiger charge is -2.25. The Kier molecular flexibility index (Phi) is 4.18. The summed E-state index contributed by atoms with van der Waals surface area (Å²) in [5, 5.41) is 0. The molecule has 0 atom stereocenters. The van der Waals surface area contributed by atoms with Crippen LogP contribution in [-0.2, 0) is 11.3 Å². The molecule has 0 saturated heterocycles. The molecular formula is C15H23N3O2. The first-order valence-electron chi connectivity index (χ1n) is 6.75. The summed E-state index contributed by atoms with van der Waals surface area (Å²) in [5.41, 5.74) is 8.05. The number of nitrogens with zero attached hydrogens (tertiary/aromatic N) is 2. The molecule has 0 amide bonds. The predicted octanol–water partition coefficient (Wildman–Crippen LogP) is 2.69. The van der Waals surface area contributed by atoms with Crippen LogP contribution in [0.1, 0.15) is 20.3 Å². The molecule has 0 radical (unpaired) electrons. The van der Waals surface area contributed by atoms with Gasteiger partial charge in [-0.05, 0) is 24.0 Å². The minimum Gasteiger partial charge on any atom is -0.497 e. The van der Waals surface area contributed by atoms with Crippen LogP contribution in [-0.4, -0.2) is 30.4 Å². The largest absolute Gasteiger partial charge is 0.497 e. The number of benzene rings is 1. The summed E-state index contributed by atoms with van der Waals surface area (Å²) in [5.74, 6) is 1.35. The normalized spacial score (nSPS) is 12.0. The second kappa shape index (κ2) is 5.71. The zero-order chi connectivity index (χ0) is 14.8. The number of methoxy groups -OCH3 is 2. The van der Waals surface area contributed by atoms with Crippen molar-refractivity contribution in [3.63, 3.8) is 0 Å². The van der Waals surface area contributed by atoms with Crippen molar-refractivity contribution in [2.45, 2.75) is 26.8 Å². The Labute approximate surface area is 119 Å². The maximum atomic E-state index is 6.06. The number of nitrogen functional groups attached to an aromatic ring is 1. The smallest absolute Gasteiger partial charge is 0.201 e. The molecule has 2 rings (SSSR count). The van der Waals surface area contributed by atoms with Gasteiger partial charge in [0.15, 0.2) is 0 Å². The number of hydrogen-bond donors (Lipinski definition) is 1. The second-order valence-corrected chi connectivity index (χ2v) is 5.82. The first-order chi connectivity index (χ1) is 9.46. The summed E-state index contributed by atoms with van der Waals surface area (Å²) in [6.07, 6.45) is 0.965. The van der Waals surface area contributed by atoms with Gasteiger partial charge in [0.25, 0.3) is 0 Å². The van der Waals surface area contributed by atoms with Crippen molar-refractivity contribution in [2.75, 3.05) is 26.6 Å². The van der Waals surface area contributed by atoms with Gasteiger partial charge in [0.05, 0.1) is 18.1 Å². The van der Waals surface area contributed by atoms with Gasteiger partial charge < -0.3 is 19.8 Å². The first kappa shape index (κ1) is 14.7. The number of imidazole rings is 1. The van der Waals surface area contributed by atoms with E-state index in [1.54, 1.807) is 14.2 Å². The van der Waals surface area contributed by atoms with E-state index in [1.807, 2.05) is 22.8 Å². The van der Waals surface area contributed by atoms with Gasteiger partial charge in [-0.15, -0.1) is 0 Å². The summed E-state index contributed by atoms with van der Waals surface area (Å²) >= 11 is 0. The van der Waals surface area contributed by atoms with Crippen LogP contribution >= 0.6 is 0 Å². The number of rotatable bonds is 6. The number of ether oxygens (including phenoxy) is 2. The first-order valence-corrected chi connectivity index (χ1v) is 6.75. The number of anilines is 1. The van der Waals surface area contributed by atoms with Crippen LogP contribution in [0, 0.1) is 5.41 Å². The molecule has 0 bridgehead atoms. The van der Waals surface area contributed by atoms with Crippen molar-refractivity contribution in [1.29, 1.82) is 0 Å². The molecule has 1 heterocycles. The fourth-order valence-electron chi connectivity index (χ4n) is 2.30. The number of fused-ring (bicyclic) bond motifs is 1. The molecule has 0 spiro atoms. The highest BCUT2D eigenvalue weighted by Crippen LogP contribution is 2.29. The summed E-state index contributed by atoms with van der Waals surface area (Å²) < 4.78 is 12.5. The monoisotopic (exact) mass is 277 g/mol. The standard InChI is InChI=1S/C15H23N3O2/c1-15(2,7-8-19-3)10-18-13-9-11(20-4)5-6-12(13)17-14(18)16/h5-6,9H,7-8,10H2,1-4H3,(H2,16,17). The van der Waals surface area contributed by atoms with Crippen LogP contribution in [0.3, 0.4) is 0 Å². The topological polar surface area (TPSA) is 62.3 Å². The lowest BCUT2D eigenvalue weighted by molar-refractivity contribution is 0.143. The van der Waals surface area contributed by atoms with E-state index in [9.17, 15) is 0 Å². The van der Waals surface area contributed by atoms with Crippen molar-refractivity contribution < 1.29 is 9.47 Å². The highest BCUT2D eigenvalue weighted by Gasteiger charge is 2.21. The molecule has 2 aromatic rings. The molecule has 0 aliphatic carbocycles. The third-order valence-corrected chi connectivity index (χ3v) is 3.55. The number of aromatic nitrogens is 2. The van der Waals surface area contributed by atoms with Crippen LogP contribution in [0.4, 0.5) is 5.95 Å². The Bertz CT molecular complexity index is 590. The van der Waals surface area contributed by atoms with Crippen LogP contribution in [0.25, 0.3) is 11.0 Å². The Balaban J connectivity index is 2.35. The molecule has 20 heavy (non-hydrogen) atoms. The van der Waals surface area contributed by atoms with E-state index in [0.29, 0.717) is 5.95 Å². The zero-order valence-electron chi connectivity index (χ0n) is 12.6. The summed E-state index contributed by atoms with van der Waals surface area (Å²) in [6.45, 7) is 5.95. The summed E-state index contributed by atoms with van der Waals surface area (Å²) in [4.78, 5) is 4.41. The van der Waals surface area contributed by atoms with Crippen molar-refractivity contribution in [3.05, 3.63) is 18.2 Å². The molecule has 5 nitrogen and oxygen atoms in total. The van der Waals surface area contributed by atoms with E-state index < -0.39 is 0 Å². The lowest BCUT2D eigenvalue weighted by atomic mass is 9.89. The minimum absolute atomic E-state index is 0.0842. The molecule has 0 fully saturated rings. The maximum absolute atomic E-state index is 6.06. The molecule has 0 aliphatic rings. The van der Waals surface area contributed by atoms with Gasteiger partial charge in [-0.25, -0.2) is 4.98 Å². The molecule has 0 unspecified atom stereocenters. The number of hydrogen-bond acceptors (Lipinski definition) is 4. The minimum atomic E-state index is 0.0842. The Morgan fingerprint density at radius 2 is 2.05 bits per heavy atom. The van der Waals surface area contributed by atoms with E-state index in [4.69, 9.17) is 15.2 Å². The third kappa shape index (κ3) is 3.04. The van der Waals surface area contributed by atoms with Crippen LogP contribution in [0.2, 0.25) is 0 Å². The van der Waals surface area contributed by atoms with Crippen LogP contribution in [0.15, 0.2) is 18.2 Å². The van der Waals surface area contributed by atoms with E-state index in [-0.39, 0.29) is 5.41 Å². The fraction of sp³-hybridized carbons (Fsp3) is 0.533. The second-order valence-electron chi connectivity index (χ2n) is 5.82. The number of nitrogens with two attached hydrogens (primary N) is 1. The molecular weight excluding hydrogens is 254 g/mol. The van der Waals surface area contributed by atoms with Gasteiger partial charge in [0, 0.05) is 26.3 Å². The third-order valence-electron chi connectivity index (χ3n) is 3.55. The van der Waals surface area contributed by atoms with Gasteiger partial charge >= 0.3 is 0 Å². The quantitative estimate of drug-likeness (QED) is 0.881. The SMILES string of the molecule is COCCC(C)(C)Cn1c(N)nc2ccc(OC)cc21. The van der Waals surface area contributed by atoms with E-state index in [1.165, 1.54) is 0 Å². The van der Waals surface area contributed by atoms with Crippen molar-refractivity contribution in [2.24, 2.45) is 5.41 Å². The maximum Gasteiger partial charge on any atom is 0.201 e. The van der Waals surface area contributed by atoms with Gasteiger partial charge in [-0.3, -0.25) is 0 Å². The van der Waals surface area contributed by atoms with Crippen LogP contribution < -0.4 is 10.5 Å². The van der Waals surface area contributed by atoms with Gasteiger partial charge in [-0.1, -0.05) is 13.8 Å². The van der Waals surface area contributed by atoms with E-state index in [0.717, 1.165) is 36.4 Å². The molecule has 2 N–H and O–H groups in total. The van der Waals surface area contributed by atoms with E-state index in [2.05, 4.69) is 18.8 Å². The highest BCUT2D eigenvalue weighted by atomic mass is 16.5. The Morgan fingerprint density at radius 1 is 1.30 bits per heavy atom. The van der Waals surface area contributed by atoms with Gasteiger partial charge in [0.2, 0.25) is 5.95 Å².